The van der Waals surface area contributed by atoms with Gasteiger partial charge in [0.25, 0.3) is 5.89 Å². The van der Waals surface area contributed by atoms with Crippen molar-refractivity contribution in [2.45, 2.75) is 32.4 Å². The molecule has 29 heavy (non-hydrogen) atoms. The van der Waals surface area contributed by atoms with Crippen molar-refractivity contribution < 1.29 is 13.2 Å². The molecule has 0 bridgehead atoms. The lowest BCUT2D eigenvalue weighted by Crippen LogP contribution is -2.22. The second kappa shape index (κ2) is 8.55. The van der Waals surface area contributed by atoms with E-state index in [0.29, 0.717) is 48.0 Å². The number of hydrogen-bond acceptors (Lipinski definition) is 6. The van der Waals surface area contributed by atoms with Crippen LogP contribution in [0.4, 0.5) is 20.6 Å². The first kappa shape index (κ1) is 19.3. The Morgan fingerprint density at radius 1 is 1.21 bits per heavy atom. The fourth-order valence-electron chi connectivity index (χ4n) is 3.48. The van der Waals surface area contributed by atoms with E-state index in [0.717, 1.165) is 12.8 Å². The highest BCUT2D eigenvalue weighted by Gasteiger charge is 2.29. The number of halogens is 2. The number of nitrogens with one attached hydrogen (secondary N) is 1. The zero-order chi connectivity index (χ0) is 20.2. The van der Waals surface area contributed by atoms with E-state index in [9.17, 15) is 8.78 Å². The molecule has 6 nitrogen and oxygen atoms in total. The molecule has 1 aliphatic heterocycles. The first-order chi connectivity index (χ1) is 14.2. The van der Waals surface area contributed by atoms with Gasteiger partial charge in [0.05, 0.1) is 12.1 Å². The van der Waals surface area contributed by atoms with Crippen molar-refractivity contribution in [1.29, 1.82) is 0 Å². The van der Waals surface area contributed by atoms with Gasteiger partial charge in [-0.2, -0.15) is 0 Å². The van der Waals surface area contributed by atoms with Crippen LogP contribution in [0.15, 0.2) is 40.9 Å². The standard InChI is InChI=1S/C21H23F2N5O/c1-2-3-10-25-21-27-26-20(29-21)18-16(15-6-4-5-7-17(15)23)8-11-24-19(18)28-12-9-14(22)13-28/h4-8,11,14H,2-3,9-10,12-13H2,1H3,(H,25,27). The van der Waals surface area contributed by atoms with Gasteiger partial charge < -0.3 is 14.6 Å². The van der Waals surface area contributed by atoms with Crippen molar-refractivity contribution in [3.8, 4) is 22.6 Å². The van der Waals surface area contributed by atoms with Crippen molar-refractivity contribution in [1.82, 2.24) is 15.2 Å². The first-order valence-electron chi connectivity index (χ1n) is 9.88. The SMILES string of the molecule is CCCCNc1nnc(-c2c(-c3ccccc3F)ccnc2N2CCC(F)C2)o1. The fourth-order valence-corrected chi connectivity index (χ4v) is 3.48. The van der Waals surface area contributed by atoms with Gasteiger partial charge >= 0.3 is 6.01 Å². The van der Waals surface area contributed by atoms with E-state index in [-0.39, 0.29) is 18.3 Å². The van der Waals surface area contributed by atoms with Crippen LogP contribution >= 0.6 is 0 Å². The van der Waals surface area contributed by atoms with Crippen LogP contribution in [0.2, 0.25) is 0 Å². The average molecular weight is 399 g/mol. The van der Waals surface area contributed by atoms with Crippen LogP contribution in [0.5, 0.6) is 0 Å². The first-order valence-corrected chi connectivity index (χ1v) is 9.88. The lowest BCUT2D eigenvalue weighted by atomic mass is 10.00. The predicted molar refractivity (Wildman–Crippen MR) is 108 cm³/mol. The number of unbranched alkanes of at least 4 members (excludes halogenated alkanes) is 1. The molecule has 1 saturated heterocycles. The third-order valence-corrected chi connectivity index (χ3v) is 4.97. The molecule has 0 radical (unpaired) electrons. The maximum atomic E-state index is 14.6. The van der Waals surface area contributed by atoms with Crippen molar-refractivity contribution in [2.24, 2.45) is 0 Å². The zero-order valence-electron chi connectivity index (χ0n) is 16.2. The van der Waals surface area contributed by atoms with Crippen LogP contribution in [0.3, 0.4) is 0 Å². The number of aromatic nitrogens is 3. The molecule has 1 atom stereocenters. The smallest absolute Gasteiger partial charge is 0.315 e. The molecule has 152 valence electrons. The van der Waals surface area contributed by atoms with Crippen molar-refractivity contribution in [2.75, 3.05) is 29.9 Å². The highest BCUT2D eigenvalue weighted by Crippen LogP contribution is 2.40. The van der Waals surface area contributed by atoms with Crippen LogP contribution in [0, 0.1) is 5.82 Å². The van der Waals surface area contributed by atoms with Gasteiger partial charge in [0, 0.05) is 30.4 Å². The van der Waals surface area contributed by atoms with E-state index in [1.165, 1.54) is 6.07 Å². The number of alkyl halides is 1. The van der Waals surface area contributed by atoms with E-state index in [4.69, 9.17) is 4.42 Å². The van der Waals surface area contributed by atoms with Crippen molar-refractivity contribution >= 4 is 11.8 Å². The summed E-state index contributed by atoms with van der Waals surface area (Å²) in [5, 5.41) is 11.3. The van der Waals surface area contributed by atoms with E-state index < -0.39 is 6.17 Å². The van der Waals surface area contributed by atoms with Crippen molar-refractivity contribution in [3.05, 3.63) is 42.3 Å². The summed E-state index contributed by atoms with van der Waals surface area (Å²) in [6, 6.07) is 8.51. The number of anilines is 2. The number of rotatable bonds is 7. The van der Waals surface area contributed by atoms with Crippen LogP contribution in [-0.4, -0.2) is 41.0 Å². The molecule has 1 unspecified atom stereocenters. The number of hydrogen-bond donors (Lipinski definition) is 1. The molecule has 2 aromatic heterocycles. The maximum Gasteiger partial charge on any atom is 0.315 e. The Morgan fingerprint density at radius 3 is 2.83 bits per heavy atom. The minimum Gasteiger partial charge on any atom is -0.403 e. The topological polar surface area (TPSA) is 67.1 Å². The minimum absolute atomic E-state index is 0.229. The van der Waals surface area contributed by atoms with Gasteiger partial charge in [-0.3, -0.25) is 0 Å². The second-order valence-electron chi connectivity index (χ2n) is 7.06. The highest BCUT2D eigenvalue weighted by molar-refractivity contribution is 5.87. The second-order valence-corrected chi connectivity index (χ2v) is 7.06. The Labute approximate surface area is 168 Å². The van der Waals surface area contributed by atoms with Crippen LogP contribution in [0.1, 0.15) is 26.2 Å². The molecule has 4 rings (SSSR count). The normalized spacial score (nSPS) is 16.4. The average Bonchev–Trinajstić information content (AvgIpc) is 3.37. The van der Waals surface area contributed by atoms with E-state index in [1.807, 2.05) is 4.90 Å². The lowest BCUT2D eigenvalue weighted by molar-refractivity contribution is 0.364. The van der Waals surface area contributed by atoms with Crippen LogP contribution in [0.25, 0.3) is 22.6 Å². The fraction of sp³-hybridized carbons (Fsp3) is 0.381. The Kier molecular flexibility index (Phi) is 5.69. The van der Waals surface area contributed by atoms with E-state index in [1.54, 1.807) is 30.5 Å². The van der Waals surface area contributed by atoms with Gasteiger partial charge in [0.1, 0.15) is 17.8 Å². The van der Waals surface area contributed by atoms with Gasteiger partial charge in [-0.15, -0.1) is 5.10 Å². The van der Waals surface area contributed by atoms with E-state index in [2.05, 4.69) is 27.4 Å². The molecule has 3 heterocycles. The molecule has 0 amide bonds. The number of benzene rings is 1. The van der Waals surface area contributed by atoms with Gasteiger partial charge in [-0.1, -0.05) is 36.6 Å². The largest absolute Gasteiger partial charge is 0.403 e. The molecule has 3 aromatic rings. The molecule has 1 aromatic carbocycles. The Bertz CT molecular complexity index is 977. The van der Waals surface area contributed by atoms with Crippen molar-refractivity contribution in [3.63, 3.8) is 0 Å². The summed E-state index contributed by atoms with van der Waals surface area (Å²) in [5.41, 5.74) is 1.50. The summed E-state index contributed by atoms with van der Waals surface area (Å²) in [5.74, 6) is 0.388. The van der Waals surface area contributed by atoms with Gasteiger partial charge in [-0.05, 0) is 25.0 Å². The molecule has 8 heteroatoms. The van der Waals surface area contributed by atoms with Gasteiger partial charge in [-0.25, -0.2) is 13.8 Å². The Morgan fingerprint density at radius 2 is 2.07 bits per heavy atom. The molecule has 0 aliphatic carbocycles. The number of pyridine rings is 1. The summed E-state index contributed by atoms with van der Waals surface area (Å²) in [6.07, 6.45) is 3.12. The molecule has 1 N–H and O–H groups in total. The summed E-state index contributed by atoms with van der Waals surface area (Å²) in [7, 11) is 0. The minimum atomic E-state index is -0.921. The molecular weight excluding hydrogens is 376 g/mol. The van der Waals surface area contributed by atoms with Crippen LogP contribution in [-0.2, 0) is 0 Å². The zero-order valence-corrected chi connectivity index (χ0v) is 16.2. The number of nitrogens with zero attached hydrogens (tertiary/aromatic N) is 4. The molecule has 0 saturated carbocycles. The molecular formula is C21H23F2N5O. The highest BCUT2D eigenvalue weighted by atomic mass is 19.1. The third-order valence-electron chi connectivity index (χ3n) is 4.97. The summed E-state index contributed by atoms with van der Waals surface area (Å²) >= 11 is 0. The lowest BCUT2D eigenvalue weighted by Gasteiger charge is -2.20. The van der Waals surface area contributed by atoms with E-state index >= 15 is 0 Å². The van der Waals surface area contributed by atoms with Crippen LogP contribution < -0.4 is 10.2 Å². The predicted octanol–water partition coefficient (Wildman–Crippen LogP) is 4.70. The summed E-state index contributed by atoms with van der Waals surface area (Å²) in [6.45, 7) is 3.57. The summed E-state index contributed by atoms with van der Waals surface area (Å²) < 4.78 is 34.3. The van der Waals surface area contributed by atoms with Gasteiger partial charge in [0.15, 0.2) is 0 Å². The molecule has 1 fully saturated rings. The van der Waals surface area contributed by atoms with Gasteiger partial charge in [0.2, 0.25) is 0 Å². The quantitative estimate of drug-likeness (QED) is 0.581. The summed E-state index contributed by atoms with van der Waals surface area (Å²) in [4.78, 5) is 6.31. The monoisotopic (exact) mass is 399 g/mol. The Hall–Kier alpha value is -3.03. The molecule has 1 aliphatic rings. The Balaban J connectivity index is 1.80. The molecule has 0 spiro atoms. The third kappa shape index (κ3) is 4.06. The maximum absolute atomic E-state index is 14.6.